The predicted molar refractivity (Wildman–Crippen MR) is 74.2 cm³/mol. The molecule has 1 atom stereocenters. The van der Waals surface area contributed by atoms with Crippen LogP contribution in [0, 0.1) is 5.82 Å². The van der Waals surface area contributed by atoms with Gasteiger partial charge in [-0.1, -0.05) is 19.1 Å². The van der Waals surface area contributed by atoms with Gasteiger partial charge < -0.3 is 5.73 Å². The van der Waals surface area contributed by atoms with E-state index in [1.807, 2.05) is 23.9 Å². The molecule has 1 unspecified atom stereocenters. The highest BCUT2D eigenvalue weighted by Gasteiger charge is 2.23. The maximum atomic E-state index is 13.2. The Morgan fingerprint density at radius 2 is 2.21 bits per heavy atom. The molecule has 1 aromatic carbocycles. The van der Waals surface area contributed by atoms with Gasteiger partial charge in [-0.25, -0.2) is 4.39 Å². The van der Waals surface area contributed by atoms with E-state index in [1.165, 1.54) is 12.1 Å². The number of nitrogens with zero attached hydrogens (tertiary/aromatic N) is 2. The van der Waals surface area contributed by atoms with Crippen LogP contribution in [-0.4, -0.2) is 9.78 Å². The fourth-order valence-corrected chi connectivity index (χ4v) is 2.18. The minimum atomic E-state index is -0.542. The van der Waals surface area contributed by atoms with Gasteiger partial charge in [0.05, 0.1) is 6.20 Å². The van der Waals surface area contributed by atoms with Crippen molar-refractivity contribution in [3.63, 3.8) is 0 Å². The zero-order valence-electron chi connectivity index (χ0n) is 11.4. The van der Waals surface area contributed by atoms with Gasteiger partial charge >= 0.3 is 0 Å². The van der Waals surface area contributed by atoms with Crippen molar-refractivity contribution in [3.8, 4) is 0 Å². The Hall–Kier alpha value is -1.68. The average molecular weight is 261 g/mol. The first-order valence-electron chi connectivity index (χ1n) is 6.57. The molecule has 2 rings (SSSR count). The van der Waals surface area contributed by atoms with Crippen molar-refractivity contribution in [1.29, 1.82) is 0 Å². The number of rotatable bonds is 5. The second-order valence-corrected chi connectivity index (χ2v) is 5.22. The van der Waals surface area contributed by atoms with Crippen molar-refractivity contribution in [2.45, 2.75) is 38.8 Å². The second kappa shape index (κ2) is 5.53. The number of hydrogen-bond acceptors (Lipinski definition) is 2. The normalized spacial score (nSPS) is 14.3. The quantitative estimate of drug-likeness (QED) is 0.899. The third-order valence-electron chi connectivity index (χ3n) is 3.21. The summed E-state index contributed by atoms with van der Waals surface area (Å²) in [7, 11) is 0. The number of aryl methyl sites for hydroxylation is 1. The van der Waals surface area contributed by atoms with Crippen molar-refractivity contribution in [3.05, 3.63) is 53.6 Å². The molecular weight excluding hydrogens is 241 g/mol. The molecule has 0 fully saturated rings. The Balaban J connectivity index is 2.16. The highest BCUT2D eigenvalue weighted by molar-refractivity contribution is 5.24. The van der Waals surface area contributed by atoms with Crippen LogP contribution in [0.4, 0.5) is 4.39 Å². The van der Waals surface area contributed by atoms with Crippen molar-refractivity contribution in [2.75, 3.05) is 0 Å². The second-order valence-electron chi connectivity index (χ2n) is 5.22. The standard InChI is InChI=1S/C15H20FN3/c1-3-7-19-11-13(10-18-19)15(2,17)9-12-5-4-6-14(16)8-12/h4-6,8,10-11H,3,7,9,17H2,1-2H3. The lowest BCUT2D eigenvalue weighted by Crippen LogP contribution is -2.35. The Kier molecular flexibility index (Phi) is 4.00. The van der Waals surface area contributed by atoms with Crippen LogP contribution in [0.5, 0.6) is 0 Å². The van der Waals surface area contributed by atoms with Crippen molar-refractivity contribution >= 4 is 0 Å². The number of hydrogen-bond donors (Lipinski definition) is 1. The van der Waals surface area contributed by atoms with E-state index in [2.05, 4.69) is 12.0 Å². The van der Waals surface area contributed by atoms with Crippen molar-refractivity contribution in [2.24, 2.45) is 5.73 Å². The molecule has 0 spiro atoms. The minimum absolute atomic E-state index is 0.227. The van der Waals surface area contributed by atoms with E-state index in [-0.39, 0.29) is 5.82 Å². The SMILES string of the molecule is CCCn1cc(C(C)(N)Cc2cccc(F)c2)cn1. The van der Waals surface area contributed by atoms with Gasteiger partial charge in [0.25, 0.3) is 0 Å². The molecule has 0 aliphatic carbocycles. The van der Waals surface area contributed by atoms with Crippen LogP contribution in [0.1, 0.15) is 31.4 Å². The van der Waals surface area contributed by atoms with Crippen LogP contribution in [0.2, 0.25) is 0 Å². The van der Waals surface area contributed by atoms with Crippen LogP contribution in [-0.2, 0) is 18.5 Å². The first kappa shape index (κ1) is 13.7. The Morgan fingerprint density at radius 1 is 1.42 bits per heavy atom. The van der Waals surface area contributed by atoms with Crippen molar-refractivity contribution < 1.29 is 4.39 Å². The number of halogens is 1. The first-order valence-corrected chi connectivity index (χ1v) is 6.57. The molecule has 0 aliphatic heterocycles. The van der Waals surface area contributed by atoms with Gasteiger partial charge in [-0.3, -0.25) is 4.68 Å². The fourth-order valence-electron chi connectivity index (χ4n) is 2.18. The summed E-state index contributed by atoms with van der Waals surface area (Å²) in [4.78, 5) is 0. The first-order chi connectivity index (χ1) is 9.01. The largest absolute Gasteiger partial charge is 0.321 e. The van der Waals surface area contributed by atoms with Crippen LogP contribution in [0.15, 0.2) is 36.7 Å². The Bertz CT molecular complexity index is 546. The maximum absolute atomic E-state index is 13.2. The summed E-state index contributed by atoms with van der Waals surface area (Å²) >= 11 is 0. The molecular formula is C15H20FN3. The van der Waals surface area contributed by atoms with Gasteiger partial charge in [-0.2, -0.15) is 5.10 Å². The minimum Gasteiger partial charge on any atom is -0.321 e. The molecule has 2 aromatic rings. The smallest absolute Gasteiger partial charge is 0.123 e. The molecule has 0 bridgehead atoms. The van der Waals surface area contributed by atoms with Gasteiger partial charge in [-0.15, -0.1) is 0 Å². The number of aromatic nitrogens is 2. The zero-order chi connectivity index (χ0) is 13.9. The van der Waals surface area contributed by atoms with E-state index in [1.54, 1.807) is 12.3 Å². The lowest BCUT2D eigenvalue weighted by Gasteiger charge is -2.23. The molecule has 1 heterocycles. The summed E-state index contributed by atoms with van der Waals surface area (Å²) < 4.78 is 15.1. The molecule has 0 aliphatic rings. The molecule has 0 saturated heterocycles. The summed E-state index contributed by atoms with van der Waals surface area (Å²) in [5.74, 6) is -0.227. The molecule has 2 N–H and O–H groups in total. The molecule has 19 heavy (non-hydrogen) atoms. The van der Waals surface area contributed by atoms with E-state index >= 15 is 0 Å². The highest BCUT2D eigenvalue weighted by atomic mass is 19.1. The van der Waals surface area contributed by atoms with E-state index in [4.69, 9.17) is 5.73 Å². The highest BCUT2D eigenvalue weighted by Crippen LogP contribution is 2.22. The summed E-state index contributed by atoms with van der Waals surface area (Å²) in [6.07, 6.45) is 5.40. The topological polar surface area (TPSA) is 43.8 Å². The molecule has 0 amide bonds. The number of benzene rings is 1. The molecule has 4 heteroatoms. The molecule has 102 valence electrons. The van der Waals surface area contributed by atoms with Crippen LogP contribution >= 0.6 is 0 Å². The van der Waals surface area contributed by atoms with Gasteiger partial charge in [-0.05, 0) is 37.5 Å². The summed E-state index contributed by atoms with van der Waals surface area (Å²) in [6, 6.07) is 6.57. The summed E-state index contributed by atoms with van der Waals surface area (Å²) in [5, 5.41) is 4.29. The van der Waals surface area contributed by atoms with E-state index in [9.17, 15) is 4.39 Å². The summed E-state index contributed by atoms with van der Waals surface area (Å²) in [6.45, 7) is 4.94. The molecule has 3 nitrogen and oxygen atoms in total. The number of nitrogens with two attached hydrogens (primary N) is 1. The van der Waals surface area contributed by atoms with Gasteiger partial charge in [0.1, 0.15) is 5.82 Å². The Morgan fingerprint density at radius 3 is 2.89 bits per heavy atom. The Labute approximate surface area is 113 Å². The van der Waals surface area contributed by atoms with Gasteiger partial charge in [0.2, 0.25) is 0 Å². The molecule has 0 radical (unpaired) electrons. The van der Waals surface area contributed by atoms with Crippen LogP contribution in [0.3, 0.4) is 0 Å². The molecule has 1 aromatic heterocycles. The van der Waals surface area contributed by atoms with Crippen molar-refractivity contribution in [1.82, 2.24) is 9.78 Å². The lowest BCUT2D eigenvalue weighted by molar-refractivity contribution is 0.488. The zero-order valence-corrected chi connectivity index (χ0v) is 11.4. The van der Waals surface area contributed by atoms with E-state index in [0.717, 1.165) is 24.1 Å². The summed E-state index contributed by atoms with van der Waals surface area (Å²) in [5.41, 5.74) is 7.69. The third kappa shape index (κ3) is 3.41. The van der Waals surface area contributed by atoms with E-state index in [0.29, 0.717) is 6.42 Å². The van der Waals surface area contributed by atoms with Gasteiger partial charge in [0, 0.05) is 23.8 Å². The third-order valence-corrected chi connectivity index (χ3v) is 3.21. The molecule has 0 saturated carbocycles. The average Bonchev–Trinajstić information content (AvgIpc) is 2.78. The van der Waals surface area contributed by atoms with Crippen LogP contribution in [0.25, 0.3) is 0 Å². The lowest BCUT2D eigenvalue weighted by atomic mass is 9.88. The van der Waals surface area contributed by atoms with Gasteiger partial charge in [0.15, 0.2) is 0 Å². The fraction of sp³-hybridized carbons (Fsp3) is 0.400. The van der Waals surface area contributed by atoms with Crippen LogP contribution < -0.4 is 5.73 Å². The maximum Gasteiger partial charge on any atom is 0.123 e. The predicted octanol–water partition coefficient (Wildman–Crippen LogP) is 2.85. The van der Waals surface area contributed by atoms with E-state index < -0.39 is 5.54 Å². The monoisotopic (exact) mass is 261 g/mol.